The molecule has 2 heterocycles. The molecule has 0 aliphatic heterocycles. The van der Waals surface area contributed by atoms with Gasteiger partial charge in [0, 0.05) is 22.4 Å². The van der Waals surface area contributed by atoms with Gasteiger partial charge in [0.05, 0.1) is 16.5 Å². The molecule has 106 valence electrons. The van der Waals surface area contributed by atoms with E-state index in [-0.39, 0.29) is 11.7 Å². The zero-order chi connectivity index (χ0) is 14.8. The van der Waals surface area contributed by atoms with E-state index in [0.29, 0.717) is 0 Å². The third-order valence-electron chi connectivity index (χ3n) is 3.22. The van der Waals surface area contributed by atoms with E-state index in [4.69, 9.17) is 0 Å². The fraction of sp³-hybridized carbons (Fsp3) is 0.133. The fourth-order valence-electron chi connectivity index (χ4n) is 2.14. The molecule has 3 aromatic rings. The number of pyridine rings is 1. The number of fused-ring (bicyclic) bond motifs is 1. The second-order valence-corrected chi connectivity index (χ2v) is 5.69. The average Bonchev–Trinajstić information content (AvgIpc) is 3.01. The van der Waals surface area contributed by atoms with Gasteiger partial charge >= 0.3 is 0 Å². The van der Waals surface area contributed by atoms with Crippen LogP contribution in [0.2, 0.25) is 0 Å². The molecule has 0 saturated heterocycles. The maximum atomic E-state index is 10.8. The zero-order valence-corrected chi connectivity index (χ0v) is 12.1. The Labute approximate surface area is 125 Å². The number of nitro benzene ring substituents is 1. The average molecular weight is 299 g/mol. The molecule has 0 aliphatic rings. The van der Waals surface area contributed by atoms with Crippen molar-refractivity contribution in [1.29, 1.82) is 0 Å². The lowest BCUT2D eigenvalue weighted by Crippen LogP contribution is -2.06. The number of hydrogen-bond donors (Lipinski definition) is 1. The van der Waals surface area contributed by atoms with Crippen LogP contribution in [-0.2, 0) is 0 Å². The van der Waals surface area contributed by atoms with Gasteiger partial charge in [0.25, 0.3) is 5.69 Å². The Balaban J connectivity index is 1.87. The molecule has 3 rings (SSSR count). The predicted molar refractivity (Wildman–Crippen MR) is 84.8 cm³/mol. The van der Waals surface area contributed by atoms with E-state index in [1.54, 1.807) is 17.4 Å². The topological polar surface area (TPSA) is 68.1 Å². The molecule has 0 fully saturated rings. The van der Waals surface area contributed by atoms with Crippen LogP contribution in [0.25, 0.3) is 10.9 Å². The molecular weight excluding hydrogens is 286 g/mol. The zero-order valence-electron chi connectivity index (χ0n) is 11.3. The number of thiophene rings is 1. The molecule has 0 spiro atoms. The van der Waals surface area contributed by atoms with Gasteiger partial charge < -0.3 is 5.32 Å². The molecule has 1 unspecified atom stereocenters. The first-order valence-corrected chi connectivity index (χ1v) is 7.36. The van der Waals surface area contributed by atoms with Crippen LogP contribution in [-0.4, -0.2) is 9.91 Å². The van der Waals surface area contributed by atoms with Crippen molar-refractivity contribution in [2.75, 3.05) is 5.32 Å². The van der Waals surface area contributed by atoms with Crippen molar-refractivity contribution < 1.29 is 4.92 Å². The van der Waals surface area contributed by atoms with E-state index in [0.717, 1.165) is 16.7 Å². The van der Waals surface area contributed by atoms with E-state index in [9.17, 15) is 10.1 Å². The number of non-ortho nitro benzene ring substituents is 1. The molecule has 0 saturated carbocycles. The van der Waals surface area contributed by atoms with Crippen molar-refractivity contribution in [2.45, 2.75) is 13.0 Å². The summed E-state index contributed by atoms with van der Waals surface area (Å²) in [7, 11) is 0. The number of nitrogens with zero attached hydrogens (tertiary/aromatic N) is 2. The third kappa shape index (κ3) is 2.85. The quantitative estimate of drug-likeness (QED) is 0.573. The van der Waals surface area contributed by atoms with Crippen LogP contribution in [0.4, 0.5) is 11.5 Å². The van der Waals surface area contributed by atoms with Crippen LogP contribution in [0.5, 0.6) is 0 Å². The van der Waals surface area contributed by atoms with E-state index < -0.39 is 4.92 Å². The van der Waals surface area contributed by atoms with E-state index in [2.05, 4.69) is 23.3 Å². The molecule has 0 aliphatic carbocycles. The van der Waals surface area contributed by atoms with Crippen molar-refractivity contribution in [3.63, 3.8) is 0 Å². The highest BCUT2D eigenvalue weighted by Crippen LogP contribution is 2.25. The molecule has 0 amide bonds. The number of benzene rings is 1. The highest BCUT2D eigenvalue weighted by Gasteiger charge is 2.09. The Hall–Kier alpha value is -2.47. The van der Waals surface area contributed by atoms with Gasteiger partial charge in [-0.05, 0) is 36.6 Å². The standard InChI is InChI=1S/C15H13N3O2S/c1-10(14-3-2-8-21-14)16-15-7-4-11-9-12(18(19)20)5-6-13(11)17-15/h2-10H,1H3,(H,16,17). The maximum absolute atomic E-state index is 10.8. The highest BCUT2D eigenvalue weighted by atomic mass is 32.1. The lowest BCUT2D eigenvalue weighted by Gasteiger charge is -2.13. The Kier molecular flexibility index (Phi) is 3.53. The summed E-state index contributed by atoms with van der Waals surface area (Å²) in [5.74, 6) is 0.761. The van der Waals surface area contributed by atoms with Crippen LogP contribution in [0, 0.1) is 10.1 Å². The summed E-state index contributed by atoms with van der Waals surface area (Å²) in [5.41, 5.74) is 0.820. The van der Waals surface area contributed by atoms with Gasteiger partial charge in [-0.2, -0.15) is 0 Å². The lowest BCUT2D eigenvalue weighted by atomic mass is 10.2. The number of rotatable bonds is 4. The van der Waals surface area contributed by atoms with Gasteiger partial charge in [-0.3, -0.25) is 10.1 Å². The Morgan fingerprint density at radius 3 is 2.86 bits per heavy atom. The van der Waals surface area contributed by atoms with E-state index in [1.807, 2.05) is 23.6 Å². The van der Waals surface area contributed by atoms with Crippen LogP contribution in [0.1, 0.15) is 17.8 Å². The lowest BCUT2D eigenvalue weighted by molar-refractivity contribution is -0.384. The Morgan fingerprint density at radius 2 is 2.14 bits per heavy atom. The first kappa shape index (κ1) is 13.5. The third-order valence-corrected chi connectivity index (χ3v) is 4.27. The maximum Gasteiger partial charge on any atom is 0.270 e. The monoisotopic (exact) mass is 299 g/mol. The van der Waals surface area contributed by atoms with Gasteiger partial charge in [0.2, 0.25) is 0 Å². The largest absolute Gasteiger partial charge is 0.363 e. The molecule has 6 heteroatoms. The van der Waals surface area contributed by atoms with E-state index >= 15 is 0 Å². The fourth-order valence-corrected chi connectivity index (χ4v) is 2.87. The number of aromatic nitrogens is 1. The minimum atomic E-state index is -0.398. The molecule has 2 aromatic heterocycles. The second kappa shape index (κ2) is 5.49. The van der Waals surface area contributed by atoms with Crippen molar-refractivity contribution >= 4 is 33.7 Å². The van der Waals surface area contributed by atoms with Crippen LogP contribution in [0.3, 0.4) is 0 Å². The van der Waals surface area contributed by atoms with Crippen molar-refractivity contribution in [1.82, 2.24) is 4.98 Å². The summed E-state index contributed by atoms with van der Waals surface area (Å²) >= 11 is 1.69. The predicted octanol–water partition coefficient (Wildman–Crippen LogP) is 4.38. The van der Waals surface area contributed by atoms with Crippen molar-refractivity contribution in [2.24, 2.45) is 0 Å². The second-order valence-electron chi connectivity index (χ2n) is 4.71. The molecule has 1 atom stereocenters. The van der Waals surface area contributed by atoms with Gasteiger partial charge in [-0.15, -0.1) is 11.3 Å². The number of nitro groups is 1. The number of anilines is 1. The van der Waals surface area contributed by atoms with Gasteiger partial charge in [0.1, 0.15) is 5.82 Å². The summed E-state index contributed by atoms with van der Waals surface area (Å²) in [6.45, 7) is 2.08. The molecule has 21 heavy (non-hydrogen) atoms. The van der Waals surface area contributed by atoms with Crippen LogP contribution >= 0.6 is 11.3 Å². The number of hydrogen-bond acceptors (Lipinski definition) is 5. The van der Waals surface area contributed by atoms with Crippen LogP contribution < -0.4 is 5.32 Å². The SMILES string of the molecule is CC(Nc1ccc2cc([N+](=O)[O-])ccc2n1)c1cccs1. The Morgan fingerprint density at radius 1 is 1.29 bits per heavy atom. The smallest absolute Gasteiger partial charge is 0.270 e. The summed E-state index contributed by atoms with van der Waals surface area (Å²) in [4.78, 5) is 16.1. The van der Waals surface area contributed by atoms with E-state index in [1.165, 1.54) is 17.0 Å². The minimum absolute atomic E-state index is 0.0805. The first-order chi connectivity index (χ1) is 10.1. The minimum Gasteiger partial charge on any atom is -0.363 e. The van der Waals surface area contributed by atoms with Gasteiger partial charge in [-0.1, -0.05) is 6.07 Å². The first-order valence-electron chi connectivity index (χ1n) is 6.48. The highest BCUT2D eigenvalue weighted by molar-refractivity contribution is 7.10. The molecule has 0 bridgehead atoms. The molecule has 0 radical (unpaired) electrons. The number of nitrogens with one attached hydrogen (secondary N) is 1. The molecule has 1 N–H and O–H groups in total. The van der Waals surface area contributed by atoms with Crippen molar-refractivity contribution in [3.05, 3.63) is 62.8 Å². The van der Waals surface area contributed by atoms with Crippen LogP contribution in [0.15, 0.2) is 47.8 Å². The van der Waals surface area contributed by atoms with Crippen molar-refractivity contribution in [3.8, 4) is 0 Å². The summed E-state index contributed by atoms with van der Waals surface area (Å²) < 4.78 is 0. The summed E-state index contributed by atoms with van der Waals surface area (Å²) in [6.07, 6.45) is 0. The summed E-state index contributed by atoms with van der Waals surface area (Å²) in [6, 6.07) is 12.6. The summed E-state index contributed by atoms with van der Waals surface area (Å²) in [5, 5.41) is 16.9. The van der Waals surface area contributed by atoms with Gasteiger partial charge in [-0.25, -0.2) is 4.98 Å². The van der Waals surface area contributed by atoms with Gasteiger partial charge in [0.15, 0.2) is 0 Å². The normalized spacial score (nSPS) is 12.2. The molecule has 5 nitrogen and oxygen atoms in total. The Bertz CT molecular complexity index is 787. The molecular formula is C15H13N3O2S. The molecule has 1 aromatic carbocycles.